The van der Waals surface area contributed by atoms with Crippen LogP contribution in [0.5, 0.6) is 11.5 Å². The van der Waals surface area contributed by atoms with Crippen molar-refractivity contribution < 1.29 is 24.4 Å². The molecule has 0 spiro atoms. The summed E-state index contributed by atoms with van der Waals surface area (Å²) in [4.78, 5) is 1.98. The van der Waals surface area contributed by atoms with E-state index in [9.17, 15) is 10.2 Å². The Morgan fingerprint density at radius 2 is 2.04 bits per heavy atom. The number of nitrogens with zero attached hydrogens (tertiary/aromatic N) is 1. The quantitative estimate of drug-likeness (QED) is 0.742. The Morgan fingerprint density at radius 3 is 2.83 bits per heavy atom. The minimum Gasteiger partial charge on any atom is -0.454 e. The molecule has 1 saturated heterocycles. The lowest BCUT2D eigenvalue weighted by Gasteiger charge is -2.48. The van der Waals surface area contributed by atoms with E-state index in [0.29, 0.717) is 18.0 Å². The molecule has 0 radical (unpaired) electrons. The molecule has 6 atom stereocenters. The highest BCUT2D eigenvalue weighted by Gasteiger charge is 2.61. The molecule has 6 heteroatoms. The van der Waals surface area contributed by atoms with Gasteiger partial charge >= 0.3 is 0 Å². The molecule has 1 unspecified atom stereocenters. The fourth-order valence-electron chi connectivity index (χ4n) is 4.71. The van der Waals surface area contributed by atoms with Crippen molar-refractivity contribution in [3.63, 3.8) is 0 Å². The second kappa shape index (κ2) is 4.48. The van der Waals surface area contributed by atoms with Gasteiger partial charge in [0.1, 0.15) is 6.23 Å². The van der Waals surface area contributed by atoms with Crippen molar-refractivity contribution in [2.45, 2.75) is 36.3 Å². The summed E-state index contributed by atoms with van der Waals surface area (Å²) in [5.74, 6) is 1.33. The molecule has 1 fully saturated rings. The first-order valence-corrected chi connectivity index (χ1v) is 7.93. The van der Waals surface area contributed by atoms with E-state index >= 15 is 0 Å². The SMILES string of the molecule is CO[C@@H]1C=C[C@@]23c4cc5c(cc4[C@@H](O)N(C[C@H]2O)[C@H]3C1)OCO5. The van der Waals surface area contributed by atoms with Gasteiger partial charge in [0.15, 0.2) is 11.5 Å². The van der Waals surface area contributed by atoms with Crippen LogP contribution >= 0.6 is 0 Å². The van der Waals surface area contributed by atoms with Crippen LogP contribution in [0.15, 0.2) is 24.3 Å². The molecule has 6 nitrogen and oxygen atoms in total. The van der Waals surface area contributed by atoms with E-state index in [1.54, 1.807) is 7.11 Å². The van der Waals surface area contributed by atoms with Gasteiger partial charge in [0.05, 0.1) is 17.6 Å². The second-order valence-electron chi connectivity index (χ2n) is 6.70. The number of ether oxygens (including phenoxy) is 3. The standard InChI is InChI=1S/C17H19NO5/c1-21-9-2-3-17-11-6-13-12(22-8-23-13)5-10(11)16(20)18(7-15(17)19)14(17)4-9/h2-3,5-6,9,14-16,19-20H,4,7-8H2,1H3/t9-,14+,15-,16-,17+/m1/s1. The van der Waals surface area contributed by atoms with Crippen LogP contribution in [0.25, 0.3) is 0 Å². The van der Waals surface area contributed by atoms with Gasteiger partial charge in [0.2, 0.25) is 6.79 Å². The molecule has 4 aliphatic rings. The van der Waals surface area contributed by atoms with E-state index in [1.165, 1.54) is 0 Å². The molecular weight excluding hydrogens is 298 g/mol. The van der Waals surface area contributed by atoms with Crippen molar-refractivity contribution in [3.8, 4) is 11.5 Å². The molecule has 5 rings (SSSR count). The van der Waals surface area contributed by atoms with Crippen LogP contribution in [0.3, 0.4) is 0 Å². The molecule has 23 heavy (non-hydrogen) atoms. The zero-order valence-corrected chi connectivity index (χ0v) is 12.8. The topological polar surface area (TPSA) is 71.4 Å². The zero-order chi connectivity index (χ0) is 15.8. The highest BCUT2D eigenvalue weighted by atomic mass is 16.7. The molecule has 0 amide bonds. The smallest absolute Gasteiger partial charge is 0.231 e. The number of aliphatic hydroxyl groups excluding tert-OH is 2. The fraction of sp³-hybridized carbons (Fsp3) is 0.529. The number of hydrogen-bond donors (Lipinski definition) is 2. The first kappa shape index (κ1) is 13.8. The monoisotopic (exact) mass is 317 g/mol. The van der Waals surface area contributed by atoms with Crippen LogP contribution in [0.2, 0.25) is 0 Å². The third kappa shape index (κ3) is 1.57. The van der Waals surface area contributed by atoms with Gasteiger partial charge in [-0.15, -0.1) is 0 Å². The van der Waals surface area contributed by atoms with Crippen molar-refractivity contribution in [2.75, 3.05) is 20.4 Å². The Kier molecular flexibility index (Phi) is 2.69. The molecule has 122 valence electrons. The lowest BCUT2D eigenvalue weighted by molar-refractivity contribution is -0.0399. The van der Waals surface area contributed by atoms with E-state index in [2.05, 4.69) is 6.08 Å². The van der Waals surface area contributed by atoms with Gasteiger partial charge in [-0.3, -0.25) is 4.90 Å². The summed E-state index contributed by atoms with van der Waals surface area (Å²) in [6, 6.07) is 3.79. The van der Waals surface area contributed by atoms with E-state index < -0.39 is 17.7 Å². The van der Waals surface area contributed by atoms with Gasteiger partial charge in [0, 0.05) is 25.3 Å². The first-order valence-electron chi connectivity index (χ1n) is 7.93. The van der Waals surface area contributed by atoms with Crippen molar-refractivity contribution >= 4 is 0 Å². The van der Waals surface area contributed by atoms with Gasteiger partial charge in [-0.05, 0) is 24.1 Å². The average molecular weight is 317 g/mol. The second-order valence-corrected chi connectivity index (χ2v) is 6.70. The highest BCUT2D eigenvalue weighted by molar-refractivity contribution is 5.57. The van der Waals surface area contributed by atoms with Gasteiger partial charge in [-0.2, -0.15) is 0 Å². The Balaban J connectivity index is 1.75. The van der Waals surface area contributed by atoms with Gasteiger partial charge in [-0.25, -0.2) is 0 Å². The van der Waals surface area contributed by atoms with E-state index in [-0.39, 0.29) is 18.9 Å². The minimum absolute atomic E-state index is 0.00341. The molecule has 2 bridgehead atoms. The summed E-state index contributed by atoms with van der Waals surface area (Å²) in [5.41, 5.74) is 1.21. The number of fused-ring (bicyclic) bond motifs is 2. The maximum absolute atomic E-state index is 10.8. The Hall–Kier alpha value is -1.60. The van der Waals surface area contributed by atoms with Crippen LogP contribution in [0.4, 0.5) is 0 Å². The lowest BCUT2D eigenvalue weighted by Crippen LogP contribution is -2.53. The van der Waals surface area contributed by atoms with Gasteiger partial charge in [-0.1, -0.05) is 12.2 Å². The molecular formula is C17H19NO5. The fourth-order valence-corrected chi connectivity index (χ4v) is 4.71. The maximum atomic E-state index is 10.8. The van der Waals surface area contributed by atoms with E-state index in [4.69, 9.17) is 14.2 Å². The molecule has 0 aromatic heterocycles. The van der Waals surface area contributed by atoms with Crippen molar-refractivity contribution in [1.82, 2.24) is 4.90 Å². The summed E-state index contributed by atoms with van der Waals surface area (Å²) in [6.45, 7) is 0.631. The van der Waals surface area contributed by atoms with E-state index in [1.807, 2.05) is 23.1 Å². The number of benzene rings is 1. The van der Waals surface area contributed by atoms with Crippen molar-refractivity contribution in [2.24, 2.45) is 0 Å². The Morgan fingerprint density at radius 1 is 1.26 bits per heavy atom. The average Bonchev–Trinajstić information content (AvgIpc) is 3.12. The van der Waals surface area contributed by atoms with Crippen LogP contribution in [-0.4, -0.2) is 53.8 Å². The zero-order valence-electron chi connectivity index (χ0n) is 12.8. The van der Waals surface area contributed by atoms with Gasteiger partial charge in [0.25, 0.3) is 0 Å². The predicted octanol–water partition coefficient (Wildman–Crippen LogP) is 0.678. The molecule has 1 aromatic carbocycles. The number of aliphatic hydroxyl groups is 2. The van der Waals surface area contributed by atoms with Crippen LogP contribution < -0.4 is 9.47 Å². The third-order valence-electron chi connectivity index (χ3n) is 5.84. The predicted molar refractivity (Wildman–Crippen MR) is 80.3 cm³/mol. The number of methoxy groups -OCH3 is 1. The molecule has 3 aliphatic heterocycles. The molecule has 0 saturated carbocycles. The molecule has 3 heterocycles. The summed E-state index contributed by atoms with van der Waals surface area (Å²) >= 11 is 0. The van der Waals surface area contributed by atoms with Crippen LogP contribution in [-0.2, 0) is 10.2 Å². The first-order chi connectivity index (χ1) is 11.1. The molecule has 1 aromatic rings. The Bertz CT molecular complexity index is 704. The normalized spacial score (nSPS) is 42.5. The van der Waals surface area contributed by atoms with Crippen LogP contribution in [0.1, 0.15) is 23.8 Å². The summed E-state index contributed by atoms with van der Waals surface area (Å²) in [6.07, 6.45) is 3.51. The Labute approximate surface area is 133 Å². The van der Waals surface area contributed by atoms with E-state index in [0.717, 1.165) is 17.5 Å². The third-order valence-corrected chi connectivity index (χ3v) is 5.84. The molecule has 1 aliphatic carbocycles. The van der Waals surface area contributed by atoms with Crippen molar-refractivity contribution in [1.29, 1.82) is 0 Å². The molecule has 2 N–H and O–H groups in total. The highest BCUT2D eigenvalue weighted by Crippen LogP contribution is 2.56. The number of hydrogen-bond acceptors (Lipinski definition) is 6. The largest absolute Gasteiger partial charge is 0.454 e. The minimum atomic E-state index is -0.751. The summed E-state index contributed by atoms with van der Waals surface area (Å²) in [5, 5.41) is 21.7. The summed E-state index contributed by atoms with van der Waals surface area (Å²) in [7, 11) is 1.69. The lowest BCUT2D eigenvalue weighted by atomic mass is 9.65. The number of rotatable bonds is 1. The summed E-state index contributed by atoms with van der Waals surface area (Å²) < 4.78 is 16.4. The maximum Gasteiger partial charge on any atom is 0.231 e. The van der Waals surface area contributed by atoms with Crippen LogP contribution in [0, 0.1) is 0 Å². The van der Waals surface area contributed by atoms with Crippen molar-refractivity contribution in [3.05, 3.63) is 35.4 Å². The van der Waals surface area contributed by atoms with Gasteiger partial charge < -0.3 is 24.4 Å².